The summed E-state index contributed by atoms with van der Waals surface area (Å²) >= 11 is 0. The van der Waals surface area contributed by atoms with Gasteiger partial charge in [-0.1, -0.05) is 12.1 Å². The molecule has 1 atom stereocenters. The van der Waals surface area contributed by atoms with E-state index in [1.807, 2.05) is 6.07 Å². The molecular formula is C20H19F2NO3. The minimum atomic E-state index is -1.20. The Hall–Kier alpha value is -2.76. The molecule has 1 amide bonds. The van der Waals surface area contributed by atoms with Crippen LogP contribution in [-0.2, 0) is 22.4 Å². The highest BCUT2D eigenvalue weighted by Crippen LogP contribution is 2.23. The maximum Gasteiger partial charge on any atom is 0.338 e. The standard InChI is InChI=1S/C20H19F2NO3/c1-12(19(24)23-18-16(21)7-4-8-17(18)22)26-20(25)15-10-9-13-5-2-3-6-14(13)11-15/h4,7-12H,2-3,5-6H2,1H3,(H,23,24). The van der Waals surface area contributed by atoms with E-state index in [9.17, 15) is 18.4 Å². The lowest BCUT2D eigenvalue weighted by Crippen LogP contribution is -2.30. The van der Waals surface area contributed by atoms with Crippen LogP contribution in [-0.4, -0.2) is 18.0 Å². The maximum absolute atomic E-state index is 13.6. The third-order valence-corrected chi connectivity index (χ3v) is 4.45. The zero-order valence-electron chi connectivity index (χ0n) is 14.4. The molecule has 1 aliphatic carbocycles. The van der Waals surface area contributed by atoms with Gasteiger partial charge in [0.15, 0.2) is 6.10 Å². The summed E-state index contributed by atoms with van der Waals surface area (Å²) in [5, 5.41) is 2.12. The summed E-state index contributed by atoms with van der Waals surface area (Å²) in [5.74, 6) is -3.24. The summed E-state index contributed by atoms with van der Waals surface area (Å²) in [4.78, 5) is 24.4. The van der Waals surface area contributed by atoms with Crippen molar-refractivity contribution < 1.29 is 23.1 Å². The van der Waals surface area contributed by atoms with Crippen molar-refractivity contribution in [2.24, 2.45) is 0 Å². The van der Waals surface area contributed by atoms with Crippen LogP contribution in [0.1, 0.15) is 41.3 Å². The van der Waals surface area contributed by atoms with Crippen molar-refractivity contribution in [2.75, 3.05) is 5.32 Å². The zero-order chi connectivity index (χ0) is 18.7. The summed E-state index contributed by atoms with van der Waals surface area (Å²) in [6.07, 6.45) is 2.94. The van der Waals surface area contributed by atoms with Gasteiger partial charge in [-0.05, 0) is 68.0 Å². The number of esters is 1. The zero-order valence-corrected chi connectivity index (χ0v) is 14.4. The minimum absolute atomic E-state index is 0.363. The monoisotopic (exact) mass is 359 g/mol. The topological polar surface area (TPSA) is 55.4 Å². The van der Waals surface area contributed by atoms with E-state index in [4.69, 9.17) is 4.74 Å². The Morgan fingerprint density at radius 3 is 2.38 bits per heavy atom. The summed E-state index contributed by atoms with van der Waals surface area (Å²) in [6, 6.07) is 8.63. The third-order valence-electron chi connectivity index (χ3n) is 4.45. The van der Waals surface area contributed by atoms with E-state index in [1.165, 1.54) is 18.6 Å². The van der Waals surface area contributed by atoms with Crippen molar-refractivity contribution in [3.8, 4) is 0 Å². The van der Waals surface area contributed by atoms with Crippen molar-refractivity contribution in [2.45, 2.75) is 38.7 Å². The molecule has 1 aliphatic rings. The molecule has 0 fully saturated rings. The molecule has 2 aromatic carbocycles. The molecule has 0 bridgehead atoms. The summed E-state index contributed by atoms with van der Waals surface area (Å²) in [6.45, 7) is 1.35. The van der Waals surface area contributed by atoms with Crippen molar-refractivity contribution in [3.05, 3.63) is 64.7 Å². The Balaban J connectivity index is 1.66. The van der Waals surface area contributed by atoms with Crippen molar-refractivity contribution in [1.29, 1.82) is 0 Å². The molecular weight excluding hydrogens is 340 g/mol. The number of rotatable bonds is 4. The fourth-order valence-corrected chi connectivity index (χ4v) is 2.98. The van der Waals surface area contributed by atoms with Gasteiger partial charge < -0.3 is 10.1 Å². The molecule has 0 aliphatic heterocycles. The SMILES string of the molecule is CC(OC(=O)c1ccc2c(c1)CCCC2)C(=O)Nc1c(F)cccc1F. The van der Waals surface area contributed by atoms with Gasteiger partial charge in [0.2, 0.25) is 0 Å². The van der Waals surface area contributed by atoms with Crippen LogP contribution in [0.25, 0.3) is 0 Å². The number of hydrogen-bond donors (Lipinski definition) is 1. The molecule has 2 aromatic rings. The Bertz CT molecular complexity index is 831. The lowest BCUT2D eigenvalue weighted by molar-refractivity contribution is -0.123. The van der Waals surface area contributed by atoms with Crippen LogP contribution >= 0.6 is 0 Å². The average Bonchev–Trinajstić information content (AvgIpc) is 2.64. The molecule has 136 valence electrons. The molecule has 0 aromatic heterocycles. The second kappa shape index (κ2) is 7.64. The molecule has 26 heavy (non-hydrogen) atoms. The average molecular weight is 359 g/mol. The van der Waals surface area contributed by atoms with Crippen LogP contribution in [0.4, 0.5) is 14.5 Å². The molecule has 6 heteroatoms. The van der Waals surface area contributed by atoms with E-state index < -0.39 is 35.3 Å². The van der Waals surface area contributed by atoms with E-state index in [-0.39, 0.29) is 0 Å². The molecule has 1 N–H and O–H groups in total. The van der Waals surface area contributed by atoms with Crippen molar-refractivity contribution >= 4 is 17.6 Å². The summed E-state index contributed by atoms with van der Waals surface area (Å²) in [7, 11) is 0. The summed E-state index contributed by atoms with van der Waals surface area (Å²) in [5.41, 5.74) is 2.15. The molecule has 3 rings (SSSR count). The van der Waals surface area contributed by atoms with Gasteiger partial charge in [0.1, 0.15) is 17.3 Å². The predicted molar refractivity (Wildman–Crippen MR) is 92.9 cm³/mol. The van der Waals surface area contributed by atoms with Gasteiger partial charge in [0.25, 0.3) is 5.91 Å². The van der Waals surface area contributed by atoms with Gasteiger partial charge >= 0.3 is 5.97 Å². The largest absolute Gasteiger partial charge is 0.449 e. The van der Waals surface area contributed by atoms with Crippen LogP contribution in [0, 0.1) is 11.6 Å². The number of hydrogen-bond acceptors (Lipinski definition) is 3. The number of ether oxygens (including phenoxy) is 1. The molecule has 4 nitrogen and oxygen atoms in total. The van der Waals surface area contributed by atoms with E-state index in [1.54, 1.807) is 12.1 Å². The van der Waals surface area contributed by atoms with Gasteiger partial charge in [-0.15, -0.1) is 0 Å². The lowest BCUT2D eigenvalue weighted by Gasteiger charge is -2.17. The molecule has 0 spiro atoms. The fraction of sp³-hybridized carbons (Fsp3) is 0.300. The second-order valence-electron chi connectivity index (χ2n) is 6.32. The normalized spacial score (nSPS) is 14.3. The Morgan fingerprint density at radius 1 is 1.04 bits per heavy atom. The highest BCUT2D eigenvalue weighted by atomic mass is 19.1. The molecule has 0 saturated carbocycles. The number of carbonyl (C=O) groups excluding carboxylic acids is 2. The van der Waals surface area contributed by atoms with Crippen LogP contribution < -0.4 is 5.32 Å². The number of amides is 1. The Labute approximate surface area is 150 Å². The number of benzene rings is 2. The number of nitrogens with one attached hydrogen (secondary N) is 1. The quantitative estimate of drug-likeness (QED) is 0.839. The number of fused-ring (bicyclic) bond motifs is 1. The van der Waals surface area contributed by atoms with Gasteiger partial charge in [-0.3, -0.25) is 4.79 Å². The first-order valence-electron chi connectivity index (χ1n) is 8.53. The first kappa shape index (κ1) is 18.0. The number of para-hydroxylation sites is 1. The second-order valence-corrected chi connectivity index (χ2v) is 6.32. The predicted octanol–water partition coefficient (Wildman–Crippen LogP) is 4.03. The number of anilines is 1. The number of aryl methyl sites for hydroxylation is 2. The van der Waals surface area contributed by atoms with Crippen LogP contribution in [0.5, 0.6) is 0 Å². The smallest absolute Gasteiger partial charge is 0.338 e. The van der Waals surface area contributed by atoms with Crippen LogP contribution in [0.3, 0.4) is 0 Å². The number of halogens is 2. The van der Waals surface area contributed by atoms with Gasteiger partial charge in [-0.2, -0.15) is 0 Å². The first-order chi connectivity index (χ1) is 12.5. The Kier molecular flexibility index (Phi) is 5.30. The fourth-order valence-electron chi connectivity index (χ4n) is 2.98. The Morgan fingerprint density at radius 2 is 1.69 bits per heavy atom. The molecule has 1 unspecified atom stereocenters. The van der Waals surface area contributed by atoms with E-state index >= 15 is 0 Å². The van der Waals surface area contributed by atoms with Crippen molar-refractivity contribution in [3.63, 3.8) is 0 Å². The summed E-state index contributed by atoms with van der Waals surface area (Å²) < 4.78 is 32.3. The first-order valence-corrected chi connectivity index (χ1v) is 8.53. The van der Waals surface area contributed by atoms with Crippen molar-refractivity contribution in [1.82, 2.24) is 0 Å². The molecule has 0 radical (unpaired) electrons. The lowest BCUT2D eigenvalue weighted by atomic mass is 9.90. The molecule has 0 heterocycles. The van der Waals surface area contributed by atoms with Crippen LogP contribution in [0.15, 0.2) is 36.4 Å². The highest BCUT2D eigenvalue weighted by Gasteiger charge is 2.22. The number of carbonyl (C=O) groups is 2. The van der Waals surface area contributed by atoms with Gasteiger partial charge in [0, 0.05) is 0 Å². The van der Waals surface area contributed by atoms with Gasteiger partial charge in [-0.25, -0.2) is 13.6 Å². The van der Waals surface area contributed by atoms with Crippen LogP contribution in [0.2, 0.25) is 0 Å². The maximum atomic E-state index is 13.6. The van der Waals surface area contributed by atoms with Gasteiger partial charge in [0.05, 0.1) is 5.56 Å². The third kappa shape index (κ3) is 3.90. The van der Waals surface area contributed by atoms with E-state index in [0.717, 1.165) is 43.4 Å². The molecule has 0 saturated heterocycles. The van der Waals surface area contributed by atoms with E-state index in [2.05, 4.69) is 5.32 Å². The minimum Gasteiger partial charge on any atom is -0.449 e. The highest BCUT2D eigenvalue weighted by molar-refractivity contribution is 5.97. The van der Waals surface area contributed by atoms with E-state index in [0.29, 0.717) is 5.56 Å².